The first-order valence-corrected chi connectivity index (χ1v) is 6.01. The molecular formula is C11H10F3N3S. The summed E-state index contributed by atoms with van der Waals surface area (Å²) in [7, 11) is 0. The number of aryl methyl sites for hydroxylation is 1. The molecule has 1 N–H and O–H groups in total. The fourth-order valence-corrected chi connectivity index (χ4v) is 1.99. The zero-order valence-electron chi connectivity index (χ0n) is 9.45. The van der Waals surface area contributed by atoms with Gasteiger partial charge in [0, 0.05) is 11.6 Å². The van der Waals surface area contributed by atoms with E-state index in [4.69, 9.17) is 0 Å². The van der Waals surface area contributed by atoms with Gasteiger partial charge in [0.05, 0.1) is 22.8 Å². The summed E-state index contributed by atoms with van der Waals surface area (Å²) in [6.07, 6.45) is -3.21. The predicted molar refractivity (Wildman–Crippen MR) is 63.4 cm³/mol. The van der Waals surface area contributed by atoms with Crippen molar-refractivity contribution in [3.05, 3.63) is 40.0 Å². The summed E-state index contributed by atoms with van der Waals surface area (Å²) in [5.41, 5.74) is 0.0752. The Morgan fingerprint density at radius 1 is 1.39 bits per heavy atom. The largest absolute Gasteiger partial charge is 0.416 e. The Kier molecular flexibility index (Phi) is 3.51. The summed E-state index contributed by atoms with van der Waals surface area (Å²) in [4.78, 5) is 8.04. The van der Waals surface area contributed by atoms with E-state index in [1.807, 2.05) is 12.3 Å². The molecule has 0 aromatic carbocycles. The van der Waals surface area contributed by atoms with Crippen LogP contribution in [0.4, 0.5) is 19.0 Å². The smallest absolute Gasteiger partial charge is 0.364 e. The minimum Gasteiger partial charge on any atom is -0.364 e. The summed E-state index contributed by atoms with van der Waals surface area (Å²) < 4.78 is 37.4. The zero-order valence-corrected chi connectivity index (χ0v) is 10.3. The van der Waals surface area contributed by atoms with Crippen LogP contribution in [0.3, 0.4) is 0 Å². The number of aromatic nitrogens is 2. The maximum atomic E-state index is 12.5. The molecule has 0 bridgehead atoms. The van der Waals surface area contributed by atoms with Crippen LogP contribution in [0.25, 0.3) is 0 Å². The molecule has 2 heterocycles. The summed E-state index contributed by atoms with van der Waals surface area (Å²) in [6, 6.07) is 1.93. The molecule has 96 valence electrons. The van der Waals surface area contributed by atoms with Crippen molar-refractivity contribution < 1.29 is 13.2 Å². The molecule has 2 rings (SSSR count). The number of rotatable bonds is 3. The number of alkyl halides is 3. The first-order chi connectivity index (χ1) is 8.45. The first-order valence-electron chi connectivity index (χ1n) is 5.13. The number of anilines is 1. The fourth-order valence-electron chi connectivity index (χ4n) is 1.37. The second kappa shape index (κ2) is 4.93. The Morgan fingerprint density at radius 2 is 2.17 bits per heavy atom. The second-order valence-corrected chi connectivity index (χ2v) is 4.70. The fraction of sp³-hybridized carbons (Fsp3) is 0.273. The molecule has 3 nitrogen and oxygen atoms in total. The molecule has 18 heavy (non-hydrogen) atoms. The molecule has 0 saturated carbocycles. The van der Waals surface area contributed by atoms with Gasteiger partial charge in [-0.05, 0) is 19.1 Å². The van der Waals surface area contributed by atoms with E-state index in [1.165, 1.54) is 11.3 Å². The van der Waals surface area contributed by atoms with E-state index in [2.05, 4.69) is 15.3 Å². The Hall–Kier alpha value is -1.63. The Morgan fingerprint density at radius 3 is 2.78 bits per heavy atom. The quantitative estimate of drug-likeness (QED) is 0.930. The number of halogens is 3. The summed E-state index contributed by atoms with van der Waals surface area (Å²) in [5, 5.41) is 5.60. The van der Waals surface area contributed by atoms with Gasteiger partial charge in [0.2, 0.25) is 0 Å². The highest BCUT2D eigenvalue weighted by Crippen LogP contribution is 2.29. The lowest BCUT2D eigenvalue weighted by Crippen LogP contribution is -2.07. The van der Waals surface area contributed by atoms with E-state index in [-0.39, 0.29) is 5.82 Å². The van der Waals surface area contributed by atoms with Crippen molar-refractivity contribution in [2.45, 2.75) is 19.6 Å². The van der Waals surface area contributed by atoms with Gasteiger partial charge >= 0.3 is 6.18 Å². The third-order valence-electron chi connectivity index (χ3n) is 2.20. The lowest BCUT2D eigenvalue weighted by atomic mass is 10.2. The van der Waals surface area contributed by atoms with Gasteiger partial charge in [0.15, 0.2) is 0 Å². The van der Waals surface area contributed by atoms with Crippen LogP contribution >= 0.6 is 11.3 Å². The van der Waals surface area contributed by atoms with Gasteiger partial charge < -0.3 is 5.32 Å². The molecule has 0 aliphatic carbocycles. The molecule has 0 fully saturated rings. The van der Waals surface area contributed by atoms with Crippen molar-refractivity contribution in [2.75, 3.05) is 5.32 Å². The van der Waals surface area contributed by atoms with Crippen molar-refractivity contribution in [1.29, 1.82) is 0 Å². The van der Waals surface area contributed by atoms with Crippen molar-refractivity contribution in [3.8, 4) is 0 Å². The topological polar surface area (TPSA) is 37.8 Å². The molecule has 0 atom stereocenters. The highest BCUT2D eigenvalue weighted by atomic mass is 32.1. The van der Waals surface area contributed by atoms with Crippen LogP contribution in [0.15, 0.2) is 23.7 Å². The van der Waals surface area contributed by atoms with Crippen molar-refractivity contribution in [2.24, 2.45) is 0 Å². The molecule has 0 radical (unpaired) electrons. The summed E-state index contributed by atoms with van der Waals surface area (Å²) in [5.74, 6) is 0.190. The third kappa shape index (κ3) is 3.19. The minimum absolute atomic E-state index is 0.190. The zero-order chi connectivity index (χ0) is 13.2. The van der Waals surface area contributed by atoms with E-state index < -0.39 is 11.7 Å². The SMILES string of the molecule is Cc1nc(CNc2cc(C(F)(F)F)ccn2)cs1. The van der Waals surface area contributed by atoms with Crippen LogP contribution in [0.5, 0.6) is 0 Å². The number of hydrogen-bond donors (Lipinski definition) is 1. The van der Waals surface area contributed by atoms with Crippen LogP contribution in [-0.2, 0) is 12.7 Å². The first kappa shape index (κ1) is 12.8. The average Bonchev–Trinajstić information content (AvgIpc) is 2.72. The minimum atomic E-state index is -4.35. The number of hydrogen-bond acceptors (Lipinski definition) is 4. The van der Waals surface area contributed by atoms with Crippen LogP contribution < -0.4 is 5.32 Å². The van der Waals surface area contributed by atoms with Crippen LogP contribution in [0.1, 0.15) is 16.3 Å². The van der Waals surface area contributed by atoms with E-state index in [0.717, 1.165) is 29.0 Å². The molecule has 2 aromatic rings. The molecule has 0 aliphatic rings. The average molecular weight is 273 g/mol. The number of thiazole rings is 1. The van der Waals surface area contributed by atoms with Crippen LogP contribution in [0, 0.1) is 6.92 Å². The van der Waals surface area contributed by atoms with Gasteiger partial charge in [0.1, 0.15) is 5.82 Å². The van der Waals surface area contributed by atoms with Gasteiger partial charge in [0.25, 0.3) is 0 Å². The second-order valence-electron chi connectivity index (χ2n) is 3.64. The van der Waals surface area contributed by atoms with Gasteiger partial charge in [-0.25, -0.2) is 9.97 Å². The van der Waals surface area contributed by atoms with Gasteiger partial charge in [-0.2, -0.15) is 13.2 Å². The normalized spacial score (nSPS) is 11.6. The van der Waals surface area contributed by atoms with E-state index in [9.17, 15) is 13.2 Å². The van der Waals surface area contributed by atoms with Gasteiger partial charge in [-0.3, -0.25) is 0 Å². The Bertz CT molecular complexity index is 536. The van der Waals surface area contributed by atoms with E-state index in [0.29, 0.717) is 6.54 Å². The Labute approximate surface area is 106 Å². The highest BCUT2D eigenvalue weighted by molar-refractivity contribution is 7.09. The molecule has 0 unspecified atom stereocenters. The molecular weight excluding hydrogens is 263 g/mol. The Balaban J connectivity index is 2.06. The lowest BCUT2D eigenvalue weighted by molar-refractivity contribution is -0.137. The monoisotopic (exact) mass is 273 g/mol. The van der Waals surface area contributed by atoms with Crippen molar-refractivity contribution in [3.63, 3.8) is 0 Å². The lowest BCUT2D eigenvalue weighted by Gasteiger charge is -2.08. The molecule has 0 amide bonds. The maximum Gasteiger partial charge on any atom is 0.416 e. The van der Waals surface area contributed by atoms with Gasteiger partial charge in [-0.15, -0.1) is 11.3 Å². The number of nitrogens with zero attached hydrogens (tertiary/aromatic N) is 2. The number of nitrogens with one attached hydrogen (secondary N) is 1. The molecule has 0 aliphatic heterocycles. The van der Waals surface area contributed by atoms with Crippen molar-refractivity contribution in [1.82, 2.24) is 9.97 Å². The standard InChI is InChI=1S/C11H10F3N3S/c1-7-17-9(6-18-7)5-16-10-4-8(2-3-15-10)11(12,13)14/h2-4,6H,5H2,1H3,(H,15,16). The van der Waals surface area contributed by atoms with Crippen LogP contribution in [-0.4, -0.2) is 9.97 Å². The van der Waals surface area contributed by atoms with E-state index >= 15 is 0 Å². The third-order valence-corrected chi connectivity index (χ3v) is 3.03. The molecule has 0 saturated heterocycles. The van der Waals surface area contributed by atoms with Crippen molar-refractivity contribution >= 4 is 17.2 Å². The number of pyridine rings is 1. The predicted octanol–water partition coefficient (Wildman–Crippen LogP) is 3.48. The summed E-state index contributed by atoms with van der Waals surface area (Å²) >= 11 is 1.50. The summed E-state index contributed by atoms with van der Waals surface area (Å²) in [6.45, 7) is 2.23. The van der Waals surface area contributed by atoms with Crippen LogP contribution in [0.2, 0.25) is 0 Å². The van der Waals surface area contributed by atoms with Gasteiger partial charge in [-0.1, -0.05) is 0 Å². The molecule has 2 aromatic heterocycles. The maximum absolute atomic E-state index is 12.5. The molecule has 0 spiro atoms. The highest BCUT2D eigenvalue weighted by Gasteiger charge is 2.30. The molecule has 7 heteroatoms. The van der Waals surface area contributed by atoms with E-state index in [1.54, 1.807) is 0 Å².